The third-order valence-electron chi connectivity index (χ3n) is 4.46. The Morgan fingerprint density at radius 2 is 2.00 bits per heavy atom. The van der Waals surface area contributed by atoms with E-state index in [0.29, 0.717) is 6.42 Å². The van der Waals surface area contributed by atoms with E-state index >= 15 is 0 Å². The van der Waals surface area contributed by atoms with Crippen LogP contribution in [-0.4, -0.2) is 86.6 Å². The van der Waals surface area contributed by atoms with Gasteiger partial charge in [-0.15, -0.1) is 0 Å². The normalized spacial score (nSPS) is 40.9. The Morgan fingerprint density at radius 3 is 2.60 bits per heavy atom. The second-order valence-corrected chi connectivity index (χ2v) is 8.89. The van der Waals surface area contributed by atoms with Gasteiger partial charge in [0.15, 0.2) is 0 Å². The van der Waals surface area contributed by atoms with Gasteiger partial charge in [0.05, 0.1) is 32.6 Å². The summed E-state index contributed by atoms with van der Waals surface area (Å²) in [6.07, 6.45) is -1.08. The molecule has 0 aromatic heterocycles. The lowest BCUT2D eigenvalue weighted by atomic mass is 9.51. The third-order valence-corrected chi connectivity index (χ3v) is 6.00. The fourth-order valence-corrected chi connectivity index (χ4v) is 4.50. The van der Waals surface area contributed by atoms with Crippen molar-refractivity contribution in [1.29, 1.82) is 0 Å². The lowest BCUT2D eigenvalue weighted by Gasteiger charge is -2.34. The van der Waals surface area contributed by atoms with Crippen LogP contribution >= 0.6 is 6.72 Å². The molecule has 137 valence electrons. The van der Waals surface area contributed by atoms with Gasteiger partial charge >= 0.3 is 0 Å². The smallest absolute Gasteiger partial charge is 0.116 e. The molecule has 0 N–H and O–H groups in total. The van der Waals surface area contributed by atoms with E-state index in [1.807, 2.05) is 6.92 Å². The summed E-state index contributed by atoms with van der Waals surface area (Å²) in [6, 6.07) is -0.784. The van der Waals surface area contributed by atoms with Gasteiger partial charge in [0, 0.05) is 39.9 Å². The number of hydrogen-bond acceptors (Lipinski definition) is 8. The van der Waals surface area contributed by atoms with Crippen molar-refractivity contribution in [1.82, 2.24) is 0 Å². The van der Waals surface area contributed by atoms with Gasteiger partial charge in [-0.05, 0) is 6.42 Å². The van der Waals surface area contributed by atoms with Crippen LogP contribution in [0.4, 0.5) is 0 Å². The zero-order valence-electron chi connectivity index (χ0n) is 14.6. The maximum Gasteiger partial charge on any atom is 0.116 e. The average molecular weight is 386 g/mol. The van der Waals surface area contributed by atoms with Crippen molar-refractivity contribution in [2.24, 2.45) is 5.92 Å². The van der Waals surface area contributed by atoms with Crippen molar-refractivity contribution in [3.05, 3.63) is 0 Å². The minimum absolute atomic E-state index is 0.0212. The van der Waals surface area contributed by atoms with Crippen LogP contribution in [-0.2, 0) is 39.8 Å². The van der Waals surface area contributed by atoms with Crippen LogP contribution in [0.3, 0.4) is 0 Å². The zero-order chi connectivity index (χ0) is 18.6. The second kappa shape index (κ2) is 9.67. The lowest BCUT2D eigenvalue weighted by molar-refractivity contribution is -0.216. The molecule has 3 unspecified atom stereocenters. The molecule has 0 saturated carbocycles. The molecule has 2 aliphatic heterocycles. The zero-order valence-corrected chi connectivity index (χ0v) is 16.3. The average Bonchev–Trinajstić information content (AvgIpc) is 3.09. The van der Waals surface area contributed by atoms with Gasteiger partial charge in [0.25, 0.3) is 0 Å². The minimum Gasteiger partial charge on any atom is -0.780 e. The van der Waals surface area contributed by atoms with Crippen molar-refractivity contribution in [3.8, 4) is 0 Å². The molecule has 8 atom stereocenters. The molecule has 2 fully saturated rings. The van der Waals surface area contributed by atoms with Gasteiger partial charge < -0.3 is 32.9 Å². The van der Waals surface area contributed by atoms with Gasteiger partial charge in [0.1, 0.15) is 26.8 Å². The molecule has 12 heteroatoms. The van der Waals surface area contributed by atoms with Crippen LogP contribution < -0.4 is 4.89 Å². The van der Waals surface area contributed by atoms with Crippen LogP contribution in [0, 0.1) is 5.92 Å². The Bertz CT molecular complexity index is 477. The van der Waals surface area contributed by atoms with Gasteiger partial charge in [-0.25, -0.2) is 0 Å². The Balaban J connectivity index is 1.91. The predicted octanol–water partition coefficient (Wildman–Crippen LogP) is -0.933. The van der Waals surface area contributed by atoms with E-state index in [9.17, 15) is 4.89 Å². The van der Waals surface area contributed by atoms with Crippen molar-refractivity contribution in [2.75, 3.05) is 27.4 Å². The molecule has 0 aliphatic carbocycles. The fourth-order valence-electron chi connectivity index (χ4n) is 3.00. The molecular weight excluding hydrogens is 364 g/mol. The molecule has 5 radical (unpaired) electrons. The highest BCUT2D eigenvalue weighted by atomic mass is 32.5. The van der Waals surface area contributed by atoms with Gasteiger partial charge in [-0.3, -0.25) is 0 Å². The van der Waals surface area contributed by atoms with Crippen LogP contribution in [0.5, 0.6) is 0 Å². The summed E-state index contributed by atoms with van der Waals surface area (Å²) in [5.41, 5.74) is 0. The summed E-state index contributed by atoms with van der Waals surface area (Å²) in [5, 5.41) is 0. The highest BCUT2D eigenvalue weighted by Crippen LogP contribution is 2.45. The van der Waals surface area contributed by atoms with Crippen molar-refractivity contribution >= 4 is 41.3 Å². The standard InChI is InChI=1S/C13H23B3O7PS/c1-7-12(10(5-18-2)22-13(7)14)23-24(17,25)20-6-9-8(19-3)4-11(16-15)21-9/h7-13H,4-6H2,1-3H3,(H,17,25)/p-1/t7-,8?,9+,10+,11+,12?,13+,24?/m0/s1. The SMILES string of the molecule is [B][B][C@H]1CC(OC)[C@@H](COP([O-])(=S)OC2[C@@H](COC)O[C@@H]([B])[C@H]2C)O1. The highest BCUT2D eigenvalue weighted by molar-refractivity contribution is 8.06. The molecule has 2 aliphatic rings. The Morgan fingerprint density at radius 1 is 1.28 bits per heavy atom. The monoisotopic (exact) mass is 386 g/mol. The Kier molecular flexibility index (Phi) is 8.45. The predicted molar refractivity (Wildman–Crippen MR) is 96.1 cm³/mol. The van der Waals surface area contributed by atoms with E-state index < -0.39 is 31.0 Å². The first-order valence-electron chi connectivity index (χ1n) is 8.08. The van der Waals surface area contributed by atoms with Crippen molar-refractivity contribution < 1.29 is 32.9 Å². The van der Waals surface area contributed by atoms with E-state index in [-0.39, 0.29) is 31.2 Å². The molecule has 2 rings (SSSR count). The number of methoxy groups -OCH3 is 2. The molecule has 7 nitrogen and oxygen atoms in total. The van der Waals surface area contributed by atoms with Crippen LogP contribution in [0.15, 0.2) is 0 Å². The van der Waals surface area contributed by atoms with E-state index in [4.69, 9.17) is 55.4 Å². The molecule has 2 heterocycles. The molecule has 25 heavy (non-hydrogen) atoms. The molecule has 0 bridgehead atoms. The van der Waals surface area contributed by atoms with Crippen molar-refractivity contribution in [3.63, 3.8) is 0 Å². The van der Waals surface area contributed by atoms with Gasteiger partial charge in [-0.2, -0.15) is 0 Å². The highest BCUT2D eigenvalue weighted by Gasteiger charge is 2.42. The summed E-state index contributed by atoms with van der Waals surface area (Å²) in [5.74, 6) is -0.203. The maximum absolute atomic E-state index is 12.6. The summed E-state index contributed by atoms with van der Waals surface area (Å²) in [4.78, 5) is 12.6. The van der Waals surface area contributed by atoms with Gasteiger partial charge in [0.2, 0.25) is 0 Å². The largest absolute Gasteiger partial charge is 0.780 e. The first-order valence-corrected chi connectivity index (χ1v) is 10.6. The second-order valence-electron chi connectivity index (χ2n) is 6.18. The topological polar surface area (TPSA) is 78.4 Å². The third kappa shape index (κ3) is 5.77. The summed E-state index contributed by atoms with van der Waals surface area (Å²) in [6.45, 7) is -1.70. The van der Waals surface area contributed by atoms with Crippen molar-refractivity contribution in [2.45, 2.75) is 49.8 Å². The van der Waals surface area contributed by atoms with E-state index in [0.717, 1.165) is 0 Å². The van der Waals surface area contributed by atoms with E-state index in [1.54, 1.807) is 7.11 Å². The van der Waals surface area contributed by atoms with Crippen LogP contribution in [0.1, 0.15) is 13.3 Å². The quantitative estimate of drug-likeness (QED) is 0.372. The first kappa shape index (κ1) is 21.9. The lowest BCUT2D eigenvalue weighted by Crippen LogP contribution is -2.34. The summed E-state index contributed by atoms with van der Waals surface area (Å²) in [7, 11) is 15.9. The van der Waals surface area contributed by atoms with Crippen LogP contribution in [0.25, 0.3) is 0 Å². The number of rotatable bonds is 9. The number of ether oxygens (including phenoxy) is 4. The minimum atomic E-state index is -3.77. The Labute approximate surface area is 157 Å². The molecule has 0 amide bonds. The molecule has 0 spiro atoms. The first-order chi connectivity index (χ1) is 11.8. The van der Waals surface area contributed by atoms with Gasteiger partial charge in [-0.1, -0.05) is 18.7 Å². The molecule has 2 saturated heterocycles. The van der Waals surface area contributed by atoms with E-state index in [1.165, 1.54) is 14.3 Å². The summed E-state index contributed by atoms with van der Waals surface area (Å²) < 4.78 is 32.6. The summed E-state index contributed by atoms with van der Waals surface area (Å²) >= 11 is 5.02. The maximum atomic E-state index is 12.6. The Hall–Kier alpha value is 0.565. The number of hydrogen-bond donors (Lipinski definition) is 0. The van der Waals surface area contributed by atoms with E-state index in [2.05, 4.69) is 0 Å². The fraction of sp³-hybridized carbons (Fsp3) is 1.00. The molecular formula is C13H22B3O7PS-. The molecule has 0 aromatic rings. The van der Waals surface area contributed by atoms with Crippen LogP contribution in [0.2, 0.25) is 0 Å². The molecule has 0 aromatic carbocycles.